The lowest BCUT2D eigenvalue weighted by Gasteiger charge is -2.22. The molecule has 318 valence electrons. The number of hydrogen-bond acceptors (Lipinski definition) is 2. The van der Waals surface area contributed by atoms with Crippen molar-refractivity contribution in [2.75, 3.05) is 0 Å². The van der Waals surface area contributed by atoms with E-state index in [1.807, 2.05) is 12.4 Å². The molecule has 4 aromatic heterocycles. The van der Waals surface area contributed by atoms with Crippen LogP contribution < -0.4 is 0 Å². The van der Waals surface area contributed by atoms with Crippen LogP contribution in [0.25, 0.3) is 122 Å². The van der Waals surface area contributed by atoms with E-state index in [0.29, 0.717) is 0 Å². The molecular formula is C64H42N4. The van der Waals surface area contributed by atoms with Crippen molar-refractivity contribution >= 4 is 43.1 Å². The minimum Gasteiger partial charge on any atom is -0.309 e. The van der Waals surface area contributed by atoms with E-state index >= 15 is 0 Å². The molecule has 13 aromatic rings. The third kappa shape index (κ3) is 6.53. The van der Waals surface area contributed by atoms with Crippen LogP contribution in [-0.2, 0) is 0 Å². The number of pyridine rings is 2. The summed E-state index contributed by atoms with van der Waals surface area (Å²) in [6.45, 7) is 0. The van der Waals surface area contributed by atoms with Gasteiger partial charge in [0.2, 0.25) is 0 Å². The first-order valence-electron chi connectivity index (χ1n) is 23.1. The van der Waals surface area contributed by atoms with Crippen molar-refractivity contribution in [2.45, 2.75) is 0 Å². The van der Waals surface area contributed by atoms with E-state index < -0.39 is 0 Å². The lowest BCUT2D eigenvalue weighted by molar-refractivity contribution is 1.10. The average molecular weight is 867 g/mol. The number of aromatic nitrogens is 4. The molecule has 4 heterocycles. The Balaban J connectivity index is 1.19. The normalized spacial score (nSPS) is 11.5. The molecule has 13 rings (SSSR count). The molecule has 68 heavy (non-hydrogen) atoms. The van der Waals surface area contributed by atoms with E-state index in [9.17, 15) is 0 Å². The molecule has 0 fully saturated rings. The number of nitrogens with zero attached hydrogens (tertiary/aromatic N) is 4. The van der Waals surface area contributed by atoms with Crippen LogP contribution in [-0.4, -0.2) is 19.1 Å². The summed E-state index contributed by atoms with van der Waals surface area (Å²) in [4.78, 5) is 10.6. The van der Waals surface area contributed by atoms with E-state index in [1.54, 1.807) is 0 Å². The minimum absolute atomic E-state index is 0.940. The second-order valence-electron chi connectivity index (χ2n) is 17.3. The summed E-state index contributed by atoms with van der Waals surface area (Å²) in [7, 11) is 0. The summed E-state index contributed by atoms with van der Waals surface area (Å²) in [5.41, 5.74) is 15.2. The van der Waals surface area contributed by atoms with Crippen molar-refractivity contribution in [3.05, 3.63) is 255 Å². The van der Waals surface area contributed by atoms with E-state index in [-0.39, 0.29) is 0 Å². The maximum atomic E-state index is 5.30. The summed E-state index contributed by atoms with van der Waals surface area (Å²) in [5.74, 6) is 0. The van der Waals surface area contributed by atoms with Crippen molar-refractivity contribution in [2.24, 2.45) is 0 Å². The average Bonchev–Trinajstić information content (AvgIpc) is 4.07. The minimum atomic E-state index is 0.940. The fourth-order valence-corrected chi connectivity index (χ4v) is 10.4. The quantitative estimate of drug-likeness (QED) is 0.143. The maximum Gasteiger partial charge on any atom is 0.0792 e. The Morgan fingerprint density at radius 3 is 0.926 bits per heavy atom. The van der Waals surface area contributed by atoms with Gasteiger partial charge in [-0.1, -0.05) is 182 Å². The Bertz CT molecular complexity index is 3610. The Hall–Kier alpha value is -9.12. The molecule has 0 saturated heterocycles. The first-order valence-corrected chi connectivity index (χ1v) is 23.1. The topological polar surface area (TPSA) is 35.6 Å². The SMILES string of the molecule is c1ccc(-c2ccc(-c3ccccc3)n2-c2ccc3c(-c4nccc5ccccc45)c4cc(-n5c(-c6ccccc6)ccc5-c5ccccc5)ccc4c(-c4nccc5ccccc45)c3c2)cc1. The van der Waals surface area contributed by atoms with Crippen LogP contribution in [0.5, 0.6) is 0 Å². The van der Waals surface area contributed by atoms with Gasteiger partial charge in [-0.15, -0.1) is 0 Å². The first-order chi connectivity index (χ1) is 33.8. The predicted molar refractivity (Wildman–Crippen MR) is 283 cm³/mol. The summed E-state index contributed by atoms with van der Waals surface area (Å²) >= 11 is 0. The molecule has 0 N–H and O–H groups in total. The van der Waals surface area contributed by atoms with Gasteiger partial charge in [0.1, 0.15) is 0 Å². The lowest BCUT2D eigenvalue weighted by Crippen LogP contribution is -2.02. The zero-order valence-electron chi connectivity index (χ0n) is 37.0. The van der Waals surface area contributed by atoms with Gasteiger partial charge in [-0.3, -0.25) is 9.97 Å². The summed E-state index contributed by atoms with van der Waals surface area (Å²) in [5, 5.41) is 8.87. The number of hydrogen-bond donors (Lipinski definition) is 0. The standard InChI is InChI=1S/C64H42N4/c1-5-19-45(20-6-1)57-33-34-58(46-21-7-2-8-22-46)67(57)49-29-31-53-55(41-49)61(63-51-27-15-13-17-43(51)37-39-65-63)54-32-30-50(42-56(54)62(53)64-52-28-16-14-18-44(52)38-40-66-64)68-59(47-23-9-3-10-24-47)35-36-60(68)48-25-11-4-12-26-48/h1-42H. The van der Waals surface area contributed by atoms with Gasteiger partial charge in [0.05, 0.1) is 34.2 Å². The molecule has 0 aliphatic rings. The van der Waals surface area contributed by atoms with Crippen molar-refractivity contribution in [3.63, 3.8) is 0 Å². The van der Waals surface area contributed by atoms with Gasteiger partial charge in [0.25, 0.3) is 0 Å². The lowest BCUT2D eigenvalue weighted by atomic mass is 9.86. The highest BCUT2D eigenvalue weighted by Gasteiger charge is 2.24. The van der Waals surface area contributed by atoms with Crippen molar-refractivity contribution in [1.82, 2.24) is 19.1 Å². The zero-order valence-corrected chi connectivity index (χ0v) is 37.0. The molecule has 0 bridgehead atoms. The van der Waals surface area contributed by atoms with Crippen molar-refractivity contribution in [1.29, 1.82) is 0 Å². The number of fused-ring (bicyclic) bond motifs is 4. The van der Waals surface area contributed by atoms with Crippen LogP contribution in [0.15, 0.2) is 255 Å². The summed E-state index contributed by atoms with van der Waals surface area (Å²) < 4.78 is 4.83. The molecule has 0 amide bonds. The number of benzene rings is 9. The zero-order chi connectivity index (χ0) is 45.0. The van der Waals surface area contributed by atoms with Crippen LogP contribution in [0.4, 0.5) is 0 Å². The Kier molecular flexibility index (Phi) is 9.47. The summed E-state index contributed by atoms with van der Waals surface area (Å²) in [6, 6.07) is 87.2. The van der Waals surface area contributed by atoms with Gasteiger partial charge in [0, 0.05) is 45.7 Å². The molecule has 0 unspecified atom stereocenters. The van der Waals surface area contributed by atoms with Gasteiger partial charge in [0.15, 0.2) is 0 Å². The summed E-state index contributed by atoms with van der Waals surface area (Å²) in [6.07, 6.45) is 3.91. The molecule has 0 atom stereocenters. The van der Waals surface area contributed by atoms with Crippen LogP contribution in [0.1, 0.15) is 0 Å². The van der Waals surface area contributed by atoms with Gasteiger partial charge >= 0.3 is 0 Å². The highest BCUT2D eigenvalue weighted by atomic mass is 15.0. The smallest absolute Gasteiger partial charge is 0.0792 e. The fourth-order valence-electron chi connectivity index (χ4n) is 10.4. The first kappa shape index (κ1) is 39.3. The number of rotatable bonds is 8. The highest BCUT2D eigenvalue weighted by molar-refractivity contribution is 6.25. The van der Waals surface area contributed by atoms with Crippen molar-refractivity contribution in [3.8, 4) is 78.9 Å². The van der Waals surface area contributed by atoms with Gasteiger partial charge < -0.3 is 9.13 Å². The van der Waals surface area contributed by atoms with Gasteiger partial charge in [-0.25, -0.2) is 0 Å². The molecule has 9 aromatic carbocycles. The molecule has 0 spiro atoms. The molecule has 0 aliphatic heterocycles. The van der Waals surface area contributed by atoms with Crippen LogP contribution >= 0.6 is 0 Å². The maximum absolute atomic E-state index is 5.30. The van der Waals surface area contributed by atoms with E-state index in [1.165, 1.54) is 0 Å². The Morgan fingerprint density at radius 2 is 0.574 bits per heavy atom. The molecular weight excluding hydrogens is 825 g/mol. The molecule has 0 radical (unpaired) electrons. The second-order valence-corrected chi connectivity index (χ2v) is 17.3. The Labute approximate surface area is 394 Å². The van der Waals surface area contributed by atoms with E-state index in [2.05, 4.69) is 252 Å². The molecule has 0 aliphatic carbocycles. The van der Waals surface area contributed by atoms with Crippen molar-refractivity contribution < 1.29 is 0 Å². The fraction of sp³-hybridized carbons (Fsp3) is 0. The van der Waals surface area contributed by atoms with E-state index in [4.69, 9.17) is 9.97 Å². The van der Waals surface area contributed by atoms with Crippen LogP contribution in [0.3, 0.4) is 0 Å². The third-order valence-corrected chi connectivity index (χ3v) is 13.5. The molecule has 4 nitrogen and oxygen atoms in total. The van der Waals surface area contributed by atoms with Gasteiger partial charge in [-0.05, 0) is 115 Å². The van der Waals surface area contributed by atoms with Gasteiger partial charge in [-0.2, -0.15) is 0 Å². The predicted octanol–water partition coefficient (Wildman–Crippen LogP) is 16.7. The molecule has 0 saturated carbocycles. The second kappa shape index (κ2) is 16.4. The van der Waals surface area contributed by atoms with Crippen LogP contribution in [0.2, 0.25) is 0 Å². The molecule has 4 heteroatoms. The highest BCUT2D eigenvalue weighted by Crippen LogP contribution is 2.48. The largest absolute Gasteiger partial charge is 0.309 e. The monoisotopic (exact) mass is 866 g/mol. The third-order valence-electron chi connectivity index (χ3n) is 13.5. The Morgan fingerprint density at radius 1 is 0.250 bits per heavy atom. The van der Waals surface area contributed by atoms with E-state index in [0.717, 1.165) is 122 Å². The van der Waals surface area contributed by atoms with Crippen LogP contribution in [0, 0.1) is 0 Å².